The van der Waals surface area contributed by atoms with Gasteiger partial charge in [0.2, 0.25) is 0 Å². The van der Waals surface area contributed by atoms with Crippen LogP contribution in [0.1, 0.15) is 40.4 Å². The number of methoxy groups -OCH3 is 1. The highest BCUT2D eigenvalue weighted by Gasteiger charge is 2.22. The molecule has 6 nitrogen and oxygen atoms in total. The Bertz CT molecular complexity index is 756. The van der Waals surface area contributed by atoms with Crippen molar-refractivity contribution >= 4 is 11.9 Å². The van der Waals surface area contributed by atoms with Gasteiger partial charge in [0.15, 0.2) is 0 Å². The number of carbonyl (C=O) groups is 2. The summed E-state index contributed by atoms with van der Waals surface area (Å²) in [5.41, 5.74) is 0.620. The molecule has 126 valence electrons. The molecule has 0 aliphatic rings. The van der Waals surface area contributed by atoms with Gasteiger partial charge in [0, 0.05) is 12.0 Å². The summed E-state index contributed by atoms with van der Waals surface area (Å²) in [5, 5.41) is 11.7. The van der Waals surface area contributed by atoms with Crippen LogP contribution in [0.25, 0.3) is 0 Å². The quantitative estimate of drug-likeness (QED) is 0.850. The maximum Gasteiger partial charge on any atom is 0.354 e. The number of aromatic nitrogens is 1. The Labute approximate surface area is 140 Å². The smallest absolute Gasteiger partial charge is 0.354 e. The third kappa shape index (κ3) is 4.10. The summed E-state index contributed by atoms with van der Waals surface area (Å²) in [6.45, 7) is 4.38. The van der Waals surface area contributed by atoms with E-state index in [0.717, 1.165) is 11.3 Å². The molecule has 1 heterocycles. The average molecular weight is 328 g/mol. The van der Waals surface area contributed by atoms with Crippen molar-refractivity contribution in [3.05, 3.63) is 59.4 Å². The molecule has 6 heteroatoms. The number of amides is 1. The molecular weight excluding hydrogens is 308 g/mol. The van der Waals surface area contributed by atoms with Crippen LogP contribution in [0.2, 0.25) is 0 Å². The van der Waals surface area contributed by atoms with Crippen molar-refractivity contribution in [3.63, 3.8) is 0 Å². The Balaban J connectivity index is 2.09. The second-order valence-electron chi connectivity index (χ2n) is 6.01. The molecule has 0 spiro atoms. The van der Waals surface area contributed by atoms with Crippen LogP contribution >= 0.6 is 0 Å². The molecule has 2 N–H and O–H groups in total. The molecule has 0 fully saturated rings. The fourth-order valence-corrected chi connectivity index (χ4v) is 2.22. The molecule has 0 saturated carbocycles. The Morgan fingerprint density at radius 2 is 1.83 bits per heavy atom. The topological polar surface area (TPSA) is 88.5 Å². The molecule has 0 aliphatic carbocycles. The van der Waals surface area contributed by atoms with Crippen LogP contribution in [0, 0.1) is 0 Å². The van der Waals surface area contributed by atoms with Crippen molar-refractivity contribution in [2.75, 3.05) is 13.7 Å². The van der Waals surface area contributed by atoms with E-state index >= 15 is 0 Å². The van der Waals surface area contributed by atoms with Crippen LogP contribution < -0.4 is 10.1 Å². The lowest BCUT2D eigenvalue weighted by Crippen LogP contribution is -2.37. The summed E-state index contributed by atoms with van der Waals surface area (Å²) >= 11 is 0. The summed E-state index contributed by atoms with van der Waals surface area (Å²) in [7, 11) is 1.61. The van der Waals surface area contributed by atoms with Gasteiger partial charge in [-0.2, -0.15) is 0 Å². The standard InChI is InChI=1S/C18H20N2O4/c1-18(2,12-6-4-7-13(10-12)24-3)11-19-16(21)14-8-5-9-15(20-14)17(22)23/h4-10H,11H2,1-3H3,(H,19,21)(H,22,23). The van der Waals surface area contributed by atoms with Gasteiger partial charge in [0.05, 0.1) is 7.11 Å². The van der Waals surface area contributed by atoms with E-state index in [9.17, 15) is 9.59 Å². The van der Waals surface area contributed by atoms with Gasteiger partial charge in [0.25, 0.3) is 5.91 Å². The fraction of sp³-hybridized carbons (Fsp3) is 0.278. The average Bonchev–Trinajstić information content (AvgIpc) is 2.59. The molecule has 0 saturated heterocycles. The van der Waals surface area contributed by atoms with E-state index in [1.165, 1.54) is 18.2 Å². The first-order valence-corrected chi connectivity index (χ1v) is 7.46. The lowest BCUT2D eigenvalue weighted by atomic mass is 9.84. The van der Waals surface area contributed by atoms with Gasteiger partial charge in [-0.1, -0.05) is 32.0 Å². The van der Waals surface area contributed by atoms with Gasteiger partial charge >= 0.3 is 5.97 Å². The molecule has 1 aromatic carbocycles. The highest BCUT2D eigenvalue weighted by molar-refractivity contribution is 5.94. The summed E-state index contributed by atoms with van der Waals surface area (Å²) in [5.74, 6) is -0.821. The zero-order chi connectivity index (χ0) is 17.7. The normalized spacial score (nSPS) is 11.0. The van der Waals surface area contributed by atoms with Crippen molar-refractivity contribution in [1.82, 2.24) is 10.3 Å². The van der Waals surface area contributed by atoms with E-state index in [-0.39, 0.29) is 16.8 Å². The minimum absolute atomic E-state index is 0.0799. The van der Waals surface area contributed by atoms with Gasteiger partial charge in [0.1, 0.15) is 17.1 Å². The van der Waals surface area contributed by atoms with E-state index < -0.39 is 11.9 Å². The van der Waals surface area contributed by atoms with Gasteiger partial charge in [-0.3, -0.25) is 4.79 Å². The van der Waals surface area contributed by atoms with E-state index in [1.54, 1.807) is 7.11 Å². The van der Waals surface area contributed by atoms with Crippen LogP contribution in [0.5, 0.6) is 5.75 Å². The number of hydrogen-bond acceptors (Lipinski definition) is 4. The minimum atomic E-state index is -1.17. The van der Waals surface area contributed by atoms with Crippen molar-refractivity contribution in [3.8, 4) is 5.75 Å². The number of ether oxygens (including phenoxy) is 1. The molecule has 0 unspecified atom stereocenters. The lowest BCUT2D eigenvalue weighted by Gasteiger charge is -2.26. The molecule has 1 amide bonds. The van der Waals surface area contributed by atoms with Crippen LogP contribution in [-0.2, 0) is 5.41 Å². The van der Waals surface area contributed by atoms with Gasteiger partial charge in [-0.05, 0) is 29.8 Å². The number of nitrogens with one attached hydrogen (secondary N) is 1. The van der Waals surface area contributed by atoms with Crippen molar-refractivity contribution < 1.29 is 19.4 Å². The molecule has 1 aromatic heterocycles. The number of carbonyl (C=O) groups excluding carboxylic acids is 1. The molecule has 0 radical (unpaired) electrons. The number of nitrogens with zero attached hydrogens (tertiary/aromatic N) is 1. The molecule has 24 heavy (non-hydrogen) atoms. The minimum Gasteiger partial charge on any atom is -0.497 e. The Hall–Kier alpha value is -2.89. The van der Waals surface area contributed by atoms with Crippen LogP contribution in [0.3, 0.4) is 0 Å². The molecule has 0 aliphatic heterocycles. The van der Waals surface area contributed by atoms with Gasteiger partial charge < -0.3 is 15.2 Å². The van der Waals surface area contributed by atoms with Crippen molar-refractivity contribution in [2.45, 2.75) is 19.3 Å². The summed E-state index contributed by atoms with van der Waals surface area (Å²) < 4.78 is 5.23. The zero-order valence-corrected chi connectivity index (χ0v) is 13.9. The van der Waals surface area contributed by atoms with E-state index in [4.69, 9.17) is 9.84 Å². The predicted molar refractivity (Wildman–Crippen MR) is 89.5 cm³/mol. The zero-order valence-electron chi connectivity index (χ0n) is 13.9. The predicted octanol–water partition coefficient (Wildman–Crippen LogP) is 2.50. The number of rotatable bonds is 6. The maximum atomic E-state index is 12.2. The first-order valence-electron chi connectivity index (χ1n) is 7.46. The van der Waals surface area contributed by atoms with Gasteiger partial charge in [-0.15, -0.1) is 0 Å². The second kappa shape index (κ2) is 7.12. The van der Waals surface area contributed by atoms with Crippen molar-refractivity contribution in [2.24, 2.45) is 0 Å². The number of pyridine rings is 1. The summed E-state index contributed by atoms with van der Waals surface area (Å²) in [6, 6.07) is 12.0. The van der Waals surface area contributed by atoms with Crippen LogP contribution in [0.15, 0.2) is 42.5 Å². The third-order valence-electron chi connectivity index (χ3n) is 3.74. The highest BCUT2D eigenvalue weighted by atomic mass is 16.5. The third-order valence-corrected chi connectivity index (χ3v) is 3.74. The Morgan fingerprint density at radius 3 is 2.50 bits per heavy atom. The fourth-order valence-electron chi connectivity index (χ4n) is 2.22. The molecule has 2 rings (SSSR count). The first kappa shape index (κ1) is 17.5. The second-order valence-corrected chi connectivity index (χ2v) is 6.01. The first-order chi connectivity index (χ1) is 11.3. The SMILES string of the molecule is COc1cccc(C(C)(C)CNC(=O)c2cccc(C(=O)O)n2)c1. The van der Waals surface area contributed by atoms with E-state index in [2.05, 4.69) is 10.3 Å². The largest absolute Gasteiger partial charge is 0.497 e. The Morgan fingerprint density at radius 1 is 1.17 bits per heavy atom. The maximum absolute atomic E-state index is 12.2. The number of aromatic carboxylic acids is 1. The van der Waals surface area contributed by atoms with Crippen LogP contribution in [-0.4, -0.2) is 35.6 Å². The van der Waals surface area contributed by atoms with Crippen molar-refractivity contribution in [1.29, 1.82) is 0 Å². The number of benzene rings is 1. The number of carboxylic acids is 1. The molecule has 0 bridgehead atoms. The van der Waals surface area contributed by atoms with E-state index in [1.807, 2.05) is 38.1 Å². The number of carboxylic acid groups (broad SMARTS) is 1. The summed E-state index contributed by atoms with van der Waals surface area (Å²) in [6.07, 6.45) is 0. The van der Waals surface area contributed by atoms with Crippen LogP contribution in [0.4, 0.5) is 0 Å². The highest BCUT2D eigenvalue weighted by Crippen LogP contribution is 2.25. The van der Waals surface area contributed by atoms with E-state index in [0.29, 0.717) is 6.54 Å². The Kier molecular flexibility index (Phi) is 5.18. The van der Waals surface area contributed by atoms with Gasteiger partial charge in [-0.25, -0.2) is 9.78 Å². The monoisotopic (exact) mass is 328 g/mol. The molecule has 2 aromatic rings. The molecular formula is C18H20N2O4. The number of hydrogen-bond donors (Lipinski definition) is 2. The summed E-state index contributed by atoms with van der Waals surface area (Å²) in [4.78, 5) is 27.0. The molecule has 0 atom stereocenters. The lowest BCUT2D eigenvalue weighted by molar-refractivity contribution is 0.0690.